The number of benzene rings is 2. The molecule has 0 fully saturated rings. The summed E-state index contributed by atoms with van der Waals surface area (Å²) in [4.78, 5) is 28.2. The summed E-state index contributed by atoms with van der Waals surface area (Å²) in [7, 11) is -2.17. The highest BCUT2D eigenvalue weighted by molar-refractivity contribution is 7.92. The largest absolute Gasteiger partial charge is 0.495 e. The first kappa shape index (κ1) is 31.7. The molecule has 2 aromatic carbocycles. The Morgan fingerprint density at radius 2 is 1.76 bits per heavy atom. The minimum Gasteiger partial charge on any atom is -0.495 e. The normalized spacial score (nSPS) is 12.9. The number of carbonyl (C=O) groups excluding carboxylic acids is 2. The van der Waals surface area contributed by atoms with E-state index in [0.29, 0.717) is 33.5 Å². The lowest BCUT2D eigenvalue weighted by molar-refractivity contribution is -0.141. The number of anilines is 1. The molecule has 0 saturated carbocycles. The van der Waals surface area contributed by atoms with Gasteiger partial charge in [0.15, 0.2) is 0 Å². The van der Waals surface area contributed by atoms with Gasteiger partial charge in [0.2, 0.25) is 21.8 Å². The Morgan fingerprint density at radius 1 is 1.08 bits per heavy atom. The number of halogens is 2. The smallest absolute Gasteiger partial charge is 0.243 e. The Hall–Kier alpha value is -2.49. The molecule has 0 aliphatic heterocycles. The molecule has 0 spiro atoms. The maximum Gasteiger partial charge on any atom is 0.243 e. The van der Waals surface area contributed by atoms with Crippen LogP contribution in [0.2, 0.25) is 10.0 Å². The molecule has 0 heterocycles. The molecular weight excluding hydrogens is 549 g/mol. The fraction of sp³-hybridized carbons (Fsp3) is 0.481. The molecule has 38 heavy (non-hydrogen) atoms. The van der Waals surface area contributed by atoms with Crippen molar-refractivity contribution in [2.24, 2.45) is 0 Å². The van der Waals surface area contributed by atoms with Crippen molar-refractivity contribution in [2.75, 3.05) is 24.2 Å². The zero-order chi connectivity index (χ0) is 28.5. The van der Waals surface area contributed by atoms with E-state index in [9.17, 15) is 18.0 Å². The molecule has 0 aliphatic carbocycles. The van der Waals surface area contributed by atoms with Gasteiger partial charge in [-0.05, 0) is 56.0 Å². The number of ether oxygens (including phenoxy) is 1. The molecule has 0 aliphatic rings. The molecule has 8 nitrogen and oxygen atoms in total. The third kappa shape index (κ3) is 8.78. The summed E-state index contributed by atoms with van der Waals surface area (Å²) in [6.07, 6.45) is 2.53. The lowest BCUT2D eigenvalue weighted by Gasteiger charge is -2.32. The Balaban J connectivity index is 2.29. The monoisotopic (exact) mass is 585 g/mol. The summed E-state index contributed by atoms with van der Waals surface area (Å²) in [5, 5.41) is 3.83. The van der Waals surface area contributed by atoms with E-state index in [-0.39, 0.29) is 43.8 Å². The maximum atomic E-state index is 13.6. The molecule has 2 amide bonds. The van der Waals surface area contributed by atoms with Crippen molar-refractivity contribution in [3.05, 3.63) is 58.1 Å². The van der Waals surface area contributed by atoms with E-state index in [1.54, 1.807) is 42.5 Å². The Labute approximate surface area is 236 Å². The summed E-state index contributed by atoms with van der Waals surface area (Å²) in [6.45, 7) is 5.90. The maximum absolute atomic E-state index is 13.6. The molecule has 2 atom stereocenters. The fourth-order valence-corrected chi connectivity index (χ4v) is 5.45. The van der Waals surface area contributed by atoms with Crippen LogP contribution >= 0.6 is 23.2 Å². The lowest BCUT2D eigenvalue weighted by Crippen LogP contribution is -2.50. The predicted molar refractivity (Wildman–Crippen MR) is 153 cm³/mol. The van der Waals surface area contributed by atoms with Crippen LogP contribution in [0.4, 0.5) is 5.69 Å². The zero-order valence-corrected chi connectivity index (χ0v) is 24.9. The second-order valence-corrected chi connectivity index (χ2v) is 11.9. The van der Waals surface area contributed by atoms with E-state index in [0.717, 1.165) is 12.7 Å². The minimum absolute atomic E-state index is 0.0273. The number of rotatable bonds is 14. The standard InChI is InChI=1S/C27H37Cl2N3O5S/c1-6-19(3)30-27(34)23(7-2)31(18-20-14-15-21(28)17-22(20)29)26(33)13-10-16-32(38(5,35)36)24-11-8-9-12-25(24)37-4/h8-9,11-12,14-15,17,19,23H,6-7,10,13,16,18H2,1-5H3,(H,30,34)/t19-,23+/m1/s1. The van der Waals surface area contributed by atoms with Gasteiger partial charge >= 0.3 is 0 Å². The molecule has 0 unspecified atom stereocenters. The van der Waals surface area contributed by atoms with Crippen LogP contribution in [0, 0.1) is 0 Å². The topological polar surface area (TPSA) is 96.0 Å². The number of hydrogen-bond donors (Lipinski definition) is 1. The fourth-order valence-electron chi connectivity index (χ4n) is 4.01. The summed E-state index contributed by atoms with van der Waals surface area (Å²) in [5.74, 6) is -0.112. The Bertz CT molecular complexity index is 1210. The summed E-state index contributed by atoms with van der Waals surface area (Å²) < 4.78 is 31.7. The Morgan fingerprint density at radius 3 is 2.34 bits per heavy atom. The summed E-state index contributed by atoms with van der Waals surface area (Å²) >= 11 is 12.4. The van der Waals surface area contributed by atoms with E-state index < -0.39 is 16.1 Å². The van der Waals surface area contributed by atoms with Gasteiger partial charge in [0.25, 0.3) is 0 Å². The van der Waals surface area contributed by atoms with Gasteiger partial charge in [0.05, 0.1) is 19.1 Å². The van der Waals surface area contributed by atoms with E-state index in [2.05, 4.69) is 5.32 Å². The van der Waals surface area contributed by atoms with Crippen LogP contribution in [0.15, 0.2) is 42.5 Å². The van der Waals surface area contributed by atoms with Gasteiger partial charge in [-0.3, -0.25) is 13.9 Å². The second-order valence-electron chi connectivity index (χ2n) is 9.11. The van der Waals surface area contributed by atoms with Gasteiger partial charge in [0, 0.05) is 35.6 Å². The molecule has 0 aromatic heterocycles. The van der Waals surface area contributed by atoms with Crippen molar-refractivity contribution in [3.63, 3.8) is 0 Å². The van der Waals surface area contributed by atoms with Gasteiger partial charge in [-0.1, -0.05) is 55.2 Å². The van der Waals surface area contributed by atoms with Crippen LogP contribution < -0.4 is 14.4 Å². The highest BCUT2D eigenvalue weighted by Crippen LogP contribution is 2.30. The highest BCUT2D eigenvalue weighted by Gasteiger charge is 2.30. The van der Waals surface area contributed by atoms with Crippen molar-refractivity contribution in [1.82, 2.24) is 10.2 Å². The van der Waals surface area contributed by atoms with Crippen LogP contribution in [0.25, 0.3) is 0 Å². The van der Waals surface area contributed by atoms with Crippen LogP contribution in [-0.4, -0.2) is 57.1 Å². The first-order valence-electron chi connectivity index (χ1n) is 12.6. The SMILES string of the molecule is CC[C@@H](C)NC(=O)[C@H](CC)N(Cc1ccc(Cl)cc1Cl)C(=O)CCCN(c1ccccc1OC)S(C)(=O)=O. The van der Waals surface area contributed by atoms with Crippen LogP contribution in [0.3, 0.4) is 0 Å². The van der Waals surface area contributed by atoms with E-state index in [4.69, 9.17) is 27.9 Å². The Kier molecular flexibility index (Phi) is 12.2. The van der Waals surface area contributed by atoms with E-state index in [1.165, 1.54) is 16.3 Å². The molecular formula is C27H37Cl2N3O5S. The minimum atomic E-state index is -3.64. The number of hydrogen-bond acceptors (Lipinski definition) is 5. The van der Waals surface area contributed by atoms with Crippen molar-refractivity contribution < 1.29 is 22.7 Å². The number of nitrogens with one attached hydrogen (secondary N) is 1. The lowest BCUT2D eigenvalue weighted by atomic mass is 10.1. The highest BCUT2D eigenvalue weighted by atomic mass is 35.5. The number of para-hydroxylation sites is 2. The molecule has 2 aromatic rings. The van der Waals surface area contributed by atoms with Crippen molar-refractivity contribution in [2.45, 2.75) is 65.1 Å². The molecule has 0 bridgehead atoms. The van der Waals surface area contributed by atoms with Crippen molar-refractivity contribution in [1.29, 1.82) is 0 Å². The van der Waals surface area contributed by atoms with Gasteiger partial charge in [-0.25, -0.2) is 8.42 Å². The van der Waals surface area contributed by atoms with E-state index in [1.807, 2.05) is 20.8 Å². The van der Waals surface area contributed by atoms with Crippen molar-refractivity contribution >= 4 is 50.7 Å². The summed E-state index contributed by atoms with van der Waals surface area (Å²) in [5.41, 5.74) is 1.06. The average molecular weight is 587 g/mol. The molecule has 0 radical (unpaired) electrons. The average Bonchev–Trinajstić information content (AvgIpc) is 2.86. The summed E-state index contributed by atoms with van der Waals surface area (Å²) in [6, 6.07) is 11.1. The van der Waals surface area contributed by atoms with Gasteiger partial charge < -0.3 is 15.0 Å². The van der Waals surface area contributed by atoms with Gasteiger partial charge in [-0.15, -0.1) is 0 Å². The quantitative estimate of drug-likeness (QED) is 0.326. The number of amides is 2. The third-order valence-electron chi connectivity index (χ3n) is 6.25. The van der Waals surface area contributed by atoms with Gasteiger partial charge in [-0.2, -0.15) is 0 Å². The van der Waals surface area contributed by atoms with Crippen LogP contribution in [-0.2, 0) is 26.2 Å². The van der Waals surface area contributed by atoms with E-state index >= 15 is 0 Å². The first-order chi connectivity index (χ1) is 17.9. The first-order valence-corrected chi connectivity index (χ1v) is 15.2. The number of nitrogens with zero attached hydrogens (tertiary/aromatic N) is 2. The third-order valence-corrected chi connectivity index (χ3v) is 8.02. The van der Waals surface area contributed by atoms with Crippen LogP contribution in [0.1, 0.15) is 52.0 Å². The molecule has 1 N–H and O–H groups in total. The van der Waals surface area contributed by atoms with Crippen LogP contribution in [0.5, 0.6) is 5.75 Å². The predicted octanol–water partition coefficient (Wildman–Crippen LogP) is 5.27. The second kappa shape index (κ2) is 14.6. The number of methoxy groups -OCH3 is 1. The van der Waals surface area contributed by atoms with Gasteiger partial charge in [0.1, 0.15) is 11.8 Å². The van der Waals surface area contributed by atoms with Crippen molar-refractivity contribution in [3.8, 4) is 5.75 Å². The molecule has 210 valence electrons. The molecule has 2 rings (SSSR count). The number of sulfonamides is 1. The number of carbonyl (C=O) groups is 2. The molecule has 0 saturated heterocycles. The zero-order valence-electron chi connectivity index (χ0n) is 22.5. The molecule has 11 heteroatoms.